The third kappa shape index (κ3) is 5.97. The number of thiophene rings is 1. The van der Waals surface area contributed by atoms with E-state index in [2.05, 4.69) is 181 Å². The molecule has 3 aromatic heterocycles. The lowest BCUT2D eigenvalue weighted by Gasteiger charge is -2.27. The zero-order chi connectivity index (χ0) is 40.3. The predicted octanol–water partition coefficient (Wildman–Crippen LogP) is 16.0. The molecule has 0 bridgehead atoms. The molecule has 5 heteroatoms. The number of para-hydroxylation sites is 1. The van der Waals surface area contributed by atoms with E-state index in [1.165, 1.54) is 31.3 Å². The highest BCUT2D eigenvalue weighted by Crippen LogP contribution is 2.48. The normalized spacial score (nSPS) is 11.6. The van der Waals surface area contributed by atoms with Crippen LogP contribution in [0, 0.1) is 0 Å². The molecule has 0 amide bonds. The second kappa shape index (κ2) is 14.5. The molecule has 0 spiro atoms. The van der Waals surface area contributed by atoms with Crippen molar-refractivity contribution in [3.8, 4) is 45.0 Å². The summed E-state index contributed by atoms with van der Waals surface area (Å²) in [6.45, 7) is 0. The van der Waals surface area contributed by atoms with Gasteiger partial charge in [0.15, 0.2) is 5.82 Å². The molecule has 0 aliphatic carbocycles. The number of furan rings is 1. The molecule has 0 aliphatic heterocycles. The van der Waals surface area contributed by atoms with Crippen LogP contribution >= 0.6 is 11.3 Å². The van der Waals surface area contributed by atoms with Crippen LogP contribution in [0.15, 0.2) is 217 Å². The van der Waals surface area contributed by atoms with Crippen molar-refractivity contribution in [2.45, 2.75) is 0 Å². The molecule has 0 radical (unpaired) electrons. The van der Waals surface area contributed by atoms with Crippen molar-refractivity contribution in [2.75, 3.05) is 4.90 Å². The van der Waals surface area contributed by atoms with Crippen molar-refractivity contribution >= 4 is 81.3 Å². The highest BCUT2D eigenvalue weighted by Gasteiger charge is 2.23. The molecule has 0 saturated heterocycles. The van der Waals surface area contributed by atoms with Crippen molar-refractivity contribution in [3.63, 3.8) is 0 Å². The highest BCUT2D eigenvalue weighted by atomic mass is 32.1. The number of rotatable bonds is 7. The van der Waals surface area contributed by atoms with Crippen molar-refractivity contribution in [2.24, 2.45) is 0 Å². The molecule has 4 nitrogen and oxygen atoms in total. The van der Waals surface area contributed by atoms with Crippen LogP contribution in [-0.4, -0.2) is 9.97 Å². The molecular formula is C56H35N3OS. The Kier molecular flexibility index (Phi) is 8.32. The first-order valence-corrected chi connectivity index (χ1v) is 21.3. The summed E-state index contributed by atoms with van der Waals surface area (Å²) in [7, 11) is 0. The monoisotopic (exact) mass is 797 g/mol. The van der Waals surface area contributed by atoms with Crippen molar-refractivity contribution in [1.82, 2.24) is 9.97 Å². The van der Waals surface area contributed by atoms with E-state index in [0.29, 0.717) is 5.82 Å². The van der Waals surface area contributed by atoms with E-state index in [4.69, 9.17) is 14.4 Å². The first-order chi connectivity index (χ1) is 30.2. The van der Waals surface area contributed by atoms with Gasteiger partial charge < -0.3 is 9.32 Å². The average Bonchev–Trinajstić information content (AvgIpc) is 3.91. The largest absolute Gasteiger partial charge is 0.456 e. The Bertz CT molecular complexity index is 3540. The summed E-state index contributed by atoms with van der Waals surface area (Å²) in [5, 5.41) is 6.90. The van der Waals surface area contributed by atoms with E-state index < -0.39 is 0 Å². The fraction of sp³-hybridized carbons (Fsp3) is 0. The maximum atomic E-state index is 6.92. The summed E-state index contributed by atoms with van der Waals surface area (Å²) < 4.78 is 9.51. The van der Waals surface area contributed by atoms with Crippen LogP contribution in [0.4, 0.5) is 17.1 Å². The van der Waals surface area contributed by atoms with Crippen molar-refractivity contribution in [3.05, 3.63) is 212 Å². The molecule has 0 atom stereocenters. The molecule has 3 heterocycles. The van der Waals surface area contributed by atoms with E-state index in [1.807, 2.05) is 47.7 Å². The van der Waals surface area contributed by atoms with Gasteiger partial charge >= 0.3 is 0 Å². The van der Waals surface area contributed by atoms with Gasteiger partial charge in [-0.25, -0.2) is 9.97 Å². The van der Waals surface area contributed by atoms with Crippen LogP contribution in [-0.2, 0) is 0 Å². The zero-order valence-electron chi connectivity index (χ0n) is 32.9. The Morgan fingerprint density at radius 2 is 1.00 bits per heavy atom. The second-order valence-electron chi connectivity index (χ2n) is 15.3. The molecule has 61 heavy (non-hydrogen) atoms. The summed E-state index contributed by atoms with van der Waals surface area (Å²) in [4.78, 5) is 12.7. The number of fused-ring (bicyclic) bond motifs is 8. The van der Waals surface area contributed by atoms with E-state index in [-0.39, 0.29) is 0 Å². The third-order valence-electron chi connectivity index (χ3n) is 11.7. The van der Waals surface area contributed by atoms with Gasteiger partial charge in [-0.3, -0.25) is 0 Å². The minimum Gasteiger partial charge on any atom is -0.456 e. The summed E-state index contributed by atoms with van der Waals surface area (Å²) in [5.41, 5.74) is 11.9. The van der Waals surface area contributed by atoms with Gasteiger partial charge in [0.1, 0.15) is 11.2 Å². The smallest absolute Gasteiger partial charge is 0.160 e. The third-order valence-corrected chi connectivity index (χ3v) is 12.9. The van der Waals surface area contributed by atoms with E-state index in [9.17, 15) is 0 Å². The average molecular weight is 798 g/mol. The highest BCUT2D eigenvalue weighted by molar-refractivity contribution is 7.26. The van der Waals surface area contributed by atoms with E-state index in [0.717, 1.165) is 77.9 Å². The Hall–Kier alpha value is -7.86. The van der Waals surface area contributed by atoms with Gasteiger partial charge in [0.05, 0.1) is 17.1 Å². The lowest BCUT2D eigenvalue weighted by molar-refractivity contribution is 0.669. The van der Waals surface area contributed by atoms with Crippen LogP contribution < -0.4 is 4.90 Å². The van der Waals surface area contributed by atoms with Crippen molar-refractivity contribution < 1.29 is 4.42 Å². The lowest BCUT2D eigenvalue weighted by Crippen LogP contribution is -2.10. The molecule has 0 saturated carbocycles. The minimum atomic E-state index is 0.679. The molecule has 12 aromatic rings. The van der Waals surface area contributed by atoms with Crippen LogP contribution in [0.5, 0.6) is 0 Å². The Labute approximate surface area is 356 Å². The fourth-order valence-corrected chi connectivity index (χ4v) is 10.1. The molecule has 0 N–H and O–H groups in total. The molecule has 286 valence electrons. The Morgan fingerprint density at radius 1 is 0.393 bits per heavy atom. The van der Waals surface area contributed by atoms with Gasteiger partial charge in [-0.15, -0.1) is 11.3 Å². The van der Waals surface area contributed by atoms with Crippen LogP contribution in [0.2, 0.25) is 0 Å². The number of aromatic nitrogens is 2. The standard InChI is InChI=1S/C56H35N3OS/c1-4-17-36(18-5-1)47-34-48(58-56(57-47)37-19-6-2-7-20-37)46-30-16-31-50-54(46)53-44-27-11-10-25-42(44)49(35-51(53)60-50)59(39-22-8-3-9-23-39)40-24-14-21-38(33-40)41-28-15-29-45-43-26-12-13-32-52(43)61-55(41)45/h1-35H. The molecule has 0 unspecified atom stereocenters. The molecule has 0 aliphatic rings. The molecule has 0 fully saturated rings. The van der Waals surface area contributed by atoms with Gasteiger partial charge in [0.2, 0.25) is 0 Å². The molecular weight excluding hydrogens is 763 g/mol. The quantitative estimate of drug-likeness (QED) is 0.161. The maximum Gasteiger partial charge on any atom is 0.160 e. The zero-order valence-corrected chi connectivity index (χ0v) is 33.7. The first-order valence-electron chi connectivity index (χ1n) is 20.5. The fourth-order valence-electron chi connectivity index (χ4n) is 8.91. The number of hydrogen-bond donors (Lipinski definition) is 0. The summed E-state index contributed by atoms with van der Waals surface area (Å²) in [5.74, 6) is 0.679. The lowest BCUT2D eigenvalue weighted by atomic mass is 9.96. The topological polar surface area (TPSA) is 42.2 Å². The predicted molar refractivity (Wildman–Crippen MR) is 256 cm³/mol. The molecule has 12 rings (SSSR count). The number of benzene rings is 9. The SMILES string of the molecule is c1ccc(-c2cc(-c3cccc4oc5cc(N(c6ccccc6)c6cccc(-c7cccc8c7sc7ccccc78)c6)c6ccccc6c5c34)nc(-c3ccccc3)n2)cc1. The summed E-state index contributed by atoms with van der Waals surface area (Å²) >= 11 is 1.86. The summed E-state index contributed by atoms with van der Waals surface area (Å²) in [6, 6.07) is 74.8. The number of hydrogen-bond acceptors (Lipinski definition) is 5. The van der Waals surface area contributed by atoms with Gasteiger partial charge in [-0.1, -0.05) is 164 Å². The Morgan fingerprint density at radius 3 is 1.82 bits per heavy atom. The van der Waals surface area contributed by atoms with E-state index >= 15 is 0 Å². The molecule has 9 aromatic carbocycles. The maximum absolute atomic E-state index is 6.92. The van der Waals surface area contributed by atoms with Gasteiger partial charge in [0.25, 0.3) is 0 Å². The van der Waals surface area contributed by atoms with Gasteiger partial charge in [-0.05, 0) is 59.0 Å². The first kappa shape index (κ1) is 35.1. The Balaban J connectivity index is 1.07. The minimum absolute atomic E-state index is 0.679. The van der Waals surface area contributed by atoms with E-state index in [1.54, 1.807) is 0 Å². The summed E-state index contributed by atoms with van der Waals surface area (Å²) in [6.07, 6.45) is 0. The number of nitrogens with zero attached hydrogens (tertiary/aromatic N) is 3. The number of anilines is 3. The second-order valence-corrected chi connectivity index (χ2v) is 16.3. The van der Waals surface area contributed by atoms with Crippen LogP contribution in [0.25, 0.3) is 97.9 Å². The van der Waals surface area contributed by atoms with Crippen LogP contribution in [0.3, 0.4) is 0 Å². The van der Waals surface area contributed by atoms with Crippen molar-refractivity contribution in [1.29, 1.82) is 0 Å². The van der Waals surface area contributed by atoms with Gasteiger partial charge in [-0.2, -0.15) is 0 Å². The van der Waals surface area contributed by atoms with Crippen LogP contribution in [0.1, 0.15) is 0 Å². The van der Waals surface area contributed by atoms with Gasteiger partial charge in [0, 0.05) is 70.5 Å².